The van der Waals surface area contributed by atoms with E-state index in [0.29, 0.717) is 21.4 Å². The van der Waals surface area contributed by atoms with Crippen LogP contribution in [0.1, 0.15) is 25.0 Å². The average molecular weight is 502 g/mol. The third-order valence-electron chi connectivity index (χ3n) is 4.53. The van der Waals surface area contributed by atoms with Crippen LogP contribution in [0.15, 0.2) is 40.9 Å². The predicted molar refractivity (Wildman–Crippen MR) is 120 cm³/mol. The van der Waals surface area contributed by atoms with Gasteiger partial charge in [0.2, 0.25) is 5.91 Å². The second-order valence-corrected chi connectivity index (χ2v) is 8.15. The number of ether oxygens (including phenoxy) is 1. The molecule has 0 unspecified atom stereocenters. The molecule has 2 aromatic rings. The molecule has 2 rings (SSSR count). The largest absolute Gasteiger partial charge is 0.483 e. The van der Waals surface area contributed by atoms with Gasteiger partial charge in [-0.05, 0) is 64.7 Å². The Morgan fingerprint density at radius 2 is 1.93 bits per heavy atom. The van der Waals surface area contributed by atoms with Crippen LogP contribution in [0.2, 0.25) is 10.0 Å². The van der Waals surface area contributed by atoms with Crippen LogP contribution < -0.4 is 10.1 Å². The van der Waals surface area contributed by atoms with E-state index in [4.69, 9.17) is 27.9 Å². The Labute approximate surface area is 189 Å². The molecule has 1 N–H and O–H groups in total. The van der Waals surface area contributed by atoms with Gasteiger partial charge in [0.15, 0.2) is 6.61 Å². The summed E-state index contributed by atoms with van der Waals surface area (Å²) in [6.45, 7) is 3.66. The van der Waals surface area contributed by atoms with Crippen LogP contribution in [-0.2, 0) is 22.6 Å². The number of carbonyl (C=O) groups excluding carboxylic acids is 2. The molecule has 29 heavy (non-hydrogen) atoms. The number of hydrogen-bond acceptors (Lipinski definition) is 3. The summed E-state index contributed by atoms with van der Waals surface area (Å²) in [6.07, 6.45) is 0.900. The third kappa shape index (κ3) is 6.36. The Balaban J connectivity index is 2.19. The van der Waals surface area contributed by atoms with Crippen LogP contribution in [0.4, 0.5) is 0 Å². The molecule has 0 bridgehead atoms. The quantitative estimate of drug-likeness (QED) is 0.561. The Morgan fingerprint density at radius 1 is 1.21 bits per heavy atom. The minimum Gasteiger partial charge on any atom is -0.483 e. The van der Waals surface area contributed by atoms with Gasteiger partial charge in [-0.15, -0.1) is 0 Å². The van der Waals surface area contributed by atoms with Crippen molar-refractivity contribution in [1.29, 1.82) is 0 Å². The number of likely N-dealkylation sites (N-methyl/N-ethyl adjacent to an activating group) is 1. The van der Waals surface area contributed by atoms with E-state index in [9.17, 15) is 9.59 Å². The number of benzene rings is 2. The van der Waals surface area contributed by atoms with E-state index < -0.39 is 6.04 Å². The zero-order chi connectivity index (χ0) is 21.6. The van der Waals surface area contributed by atoms with E-state index in [-0.39, 0.29) is 25.0 Å². The molecule has 0 radical (unpaired) electrons. The third-order valence-corrected chi connectivity index (χ3v) is 5.73. The van der Waals surface area contributed by atoms with Gasteiger partial charge in [0, 0.05) is 23.6 Å². The number of nitrogens with zero attached hydrogens (tertiary/aromatic N) is 1. The maximum Gasteiger partial charge on any atom is 0.261 e. The van der Waals surface area contributed by atoms with Gasteiger partial charge in [0.1, 0.15) is 11.8 Å². The van der Waals surface area contributed by atoms with Crippen LogP contribution in [0, 0.1) is 0 Å². The molecule has 5 nitrogen and oxygen atoms in total. The average Bonchev–Trinajstić information content (AvgIpc) is 2.70. The number of nitrogens with one attached hydrogen (secondary N) is 1. The van der Waals surface area contributed by atoms with Gasteiger partial charge in [-0.25, -0.2) is 0 Å². The van der Waals surface area contributed by atoms with Crippen molar-refractivity contribution in [2.45, 2.75) is 32.9 Å². The Hall–Kier alpha value is -1.76. The second kappa shape index (κ2) is 10.9. The summed E-state index contributed by atoms with van der Waals surface area (Å²) in [7, 11) is 1.53. The number of rotatable bonds is 8. The molecule has 0 heterocycles. The fourth-order valence-electron chi connectivity index (χ4n) is 2.73. The second-order valence-electron chi connectivity index (χ2n) is 6.45. The molecule has 8 heteroatoms. The molecule has 2 amide bonds. The minimum atomic E-state index is -0.700. The maximum absolute atomic E-state index is 12.9. The van der Waals surface area contributed by atoms with Crippen molar-refractivity contribution in [3.63, 3.8) is 0 Å². The van der Waals surface area contributed by atoms with E-state index in [1.165, 1.54) is 11.9 Å². The molecule has 0 spiro atoms. The zero-order valence-corrected chi connectivity index (χ0v) is 19.6. The Kier molecular flexibility index (Phi) is 8.80. The van der Waals surface area contributed by atoms with Crippen LogP contribution in [0.5, 0.6) is 5.75 Å². The van der Waals surface area contributed by atoms with Crippen molar-refractivity contribution in [3.8, 4) is 5.75 Å². The van der Waals surface area contributed by atoms with Gasteiger partial charge < -0.3 is 15.0 Å². The van der Waals surface area contributed by atoms with Crippen LogP contribution in [-0.4, -0.2) is 36.4 Å². The van der Waals surface area contributed by atoms with E-state index in [0.717, 1.165) is 16.5 Å². The molecule has 0 aromatic heterocycles. The van der Waals surface area contributed by atoms with Crippen LogP contribution >= 0.6 is 39.1 Å². The van der Waals surface area contributed by atoms with Gasteiger partial charge in [-0.1, -0.05) is 42.3 Å². The number of hydrogen-bond donors (Lipinski definition) is 1. The lowest BCUT2D eigenvalue weighted by Crippen LogP contribution is -2.48. The summed E-state index contributed by atoms with van der Waals surface area (Å²) in [5.41, 5.74) is 1.84. The standard InChI is InChI=1S/C21H23BrCl2N2O3/c1-4-14-5-8-19(17(22)9-14)29-12-20(27)26(13(2)21(28)25-3)11-15-6-7-16(23)10-18(15)24/h5-10,13H,4,11-12H2,1-3H3,(H,25,28)/t13-/m1/s1. The van der Waals surface area contributed by atoms with Crippen molar-refractivity contribution in [2.24, 2.45) is 0 Å². The highest BCUT2D eigenvalue weighted by Crippen LogP contribution is 2.27. The summed E-state index contributed by atoms with van der Waals surface area (Å²) >= 11 is 15.7. The molecule has 2 aromatic carbocycles. The van der Waals surface area contributed by atoms with Gasteiger partial charge >= 0.3 is 0 Å². The summed E-state index contributed by atoms with van der Waals surface area (Å²) in [5.74, 6) is -0.0527. The number of amides is 2. The van der Waals surface area contributed by atoms with Gasteiger partial charge in [0.25, 0.3) is 5.91 Å². The topological polar surface area (TPSA) is 58.6 Å². The lowest BCUT2D eigenvalue weighted by atomic mass is 10.1. The summed E-state index contributed by atoms with van der Waals surface area (Å²) in [6, 6.07) is 10.1. The molecule has 0 aliphatic carbocycles. The number of halogens is 3. The smallest absolute Gasteiger partial charge is 0.261 e. The highest BCUT2D eigenvalue weighted by atomic mass is 79.9. The molecule has 0 aliphatic heterocycles. The van der Waals surface area contributed by atoms with E-state index in [2.05, 4.69) is 28.2 Å². The van der Waals surface area contributed by atoms with Crippen molar-refractivity contribution in [3.05, 3.63) is 62.0 Å². The minimum absolute atomic E-state index is 0.155. The lowest BCUT2D eigenvalue weighted by molar-refractivity contribution is -0.142. The van der Waals surface area contributed by atoms with Crippen molar-refractivity contribution < 1.29 is 14.3 Å². The molecule has 156 valence electrons. The van der Waals surface area contributed by atoms with E-state index in [1.807, 2.05) is 18.2 Å². The summed E-state index contributed by atoms with van der Waals surface area (Å²) < 4.78 is 6.48. The Bertz CT molecular complexity index is 892. The first-order chi connectivity index (χ1) is 13.8. The number of carbonyl (C=O) groups is 2. The molecule has 0 saturated carbocycles. The fraction of sp³-hybridized carbons (Fsp3) is 0.333. The molecule has 0 aliphatic rings. The van der Waals surface area contributed by atoms with E-state index >= 15 is 0 Å². The van der Waals surface area contributed by atoms with Gasteiger partial charge in [-0.3, -0.25) is 9.59 Å². The highest BCUT2D eigenvalue weighted by molar-refractivity contribution is 9.10. The number of aryl methyl sites for hydroxylation is 1. The summed E-state index contributed by atoms with van der Waals surface area (Å²) in [5, 5.41) is 3.50. The SMILES string of the molecule is CCc1ccc(OCC(=O)N(Cc2ccc(Cl)cc2Cl)[C@H](C)C(=O)NC)c(Br)c1. The Morgan fingerprint density at radius 3 is 2.52 bits per heavy atom. The zero-order valence-electron chi connectivity index (χ0n) is 16.5. The first-order valence-electron chi connectivity index (χ1n) is 9.13. The highest BCUT2D eigenvalue weighted by Gasteiger charge is 2.26. The first-order valence-corrected chi connectivity index (χ1v) is 10.7. The maximum atomic E-state index is 12.9. The molecular weight excluding hydrogens is 479 g/mol. The first kappa shape index (κ1) is 23.5. The predicted octanol–water partition coefficient (Wildman–Crippen LogP) is 4.86. The lowest BCUT2D eigenvalue weighted by Gasteiger charge is -2.28. The van der Waals surface area contributed by atoms with Gasteiger partial charge in [0.05, 0.1) is 4.47 Å². The monoisotopic (exact) mass is 500 g/mol. The normalized spacial score (nSPS) is 11.7. The van der Waals surface area contributed by atoms with Crippen molar-refractivity contribution in [1.82, 2.24) is 10.2 Å². The summed E-state index contributed by atoms with van der Waals surface area (Å²) in [4.78, 5) is 26.5. The molecule has 1 atom stereocenters. The van der Waals surface area contributed by atoms with Crippen LogP contribution in [0.25, 0.3) is 0 Å². The van der Waals surface area contributed by atoms with Crippen molar-refractivity contribution in [2.75, 3.05) is 13.7 Å². The molecular formula is C21H23BrCl2N2O3. The fourth-order valence-corrected chi connectivity index (χ4v) is 3.74. The van der Waals surface area contributed by atoms with Crippen LogP contribution in [0.3, 0.4) is 0 Å². The molecule has 0 saturated heterocycles. The molecule has 0 fully saturated rings. The van der Waals surface area contributed by atoms with Crippen molar-refractivity contribution >= 4 is 50.9 Å². The van der Waals surface area contributed by atoms with Gasteiger partial charge in [-0.2, -0.15) is 0 Å². The van der Waals surface area contributed by atoms with E-state index in [1.54, 1.807) is 25.1 Å².